The highest BCUT2D eigenvalue weighted by Gasteiger charge is 2.42. The van der Waals surface area contributed by atoms with Gasteiger partial charge in [0.05, 0.1) is 6.10 Å². The van der Waals surface area contributed by atoms with Gasteiger partial charge in [-0.05, 0) is 0 Å². The van der Waals surface area contributed by atoms with Crippen molar-refractivity contribution in [2.75, 3.05) is 4.43 Å². The maximum Gasteiger partial charge on any atom is 0.183 e. The quantitative estimate of drug-likeness (QED) is 0.339. The number of aliphatic hydroxyl groups is 4. The second-order valence-electron chi connectivity index (χ2n) is 2.69. The van der Waals surface area contributed by atoms with Crippen LogP contribution < -0.4 is 0 Å². The van der Waals surface area contributed by atoms with Crippen LogP contribution in [0.2, 0.25) is 0 Å². The molecule has 1 fully saturated rings. The van der Waals surface area contributed by atoms with Gasteiger partial charge in [0.1, 0.15) is 18.3 Å². The Morgan fingerprint density at radius 1 is 1.00 bits per heavy atom. The van der Waals surface area contributed by atoms with E-state index in [1.54, 1.807) is 0 Å². The van der Waals surface area contributed by atoms with E-state index in [-0.39, 0.29) is 0 Å². The van der Waals surface area contributed by atoms with Crippen molar-refractivity contribution >= 4 is 22.6 Å². The van der Waals surface area contributed by atoms with Crippen LogP contribution in [0.15, 0.2) is 0 Å². The van der Waals surface area contributed by atoms with Crippen LogP contribution >= 0.6 is 22.6 Å². The minimum Gasteiger partial charge on any atom is -0.388 e. The summed E-state index contributed by atoms with van der Waals surface area (Å²) in [5.74, 6) is 0. The fourth-order valence-corrected chi connectivity index (χ4v) is 1.79. The molecule has 0 aromatic heterocycles. The molecule has 2 unspecified atom stereocenters. The van der Waals surface area contributed by atoms with Crippen molar-refractivity contribution < 1.29 is 25.2 Å². The Labute approximate surface area is 83.1 Å². The highest BCUT2D eigenvalue weighted by molar-refractivity contribution is 14.1. The predicted molar refractivity (Wildman–Crippen MR) is 47.8 cm³/mol. The zero-order valence-corrected chi connectivity index (χ0v) is 8.33. The van der Waals surface area contributed by atoms with E-state index >= 15 is 0 Å². The lowest BCUT2D eigenvalue weighted by molar-refractivity contribution is -0.275. The summed E-state index contributed by atoms with van der Waals surface area (Å²) in [6, 6.07) is 0. The van der Waals surface area contributed by atoms with Gasteiger partial charge >= 0.3 is 0 Å². The Morgan fingerprint density at radius 3 is 2.08 bits per heavy atom. The molecule has 1 saturated heterocycles. The van der Waals surface area contributed by atoms with Crippen molar-refractivity contribution in [1.29, 1.82) is 0 Å². The number of ether oxygens (including phenoxy) is 1. The maximum atomic E-state index is 9.27. The number of hydrogen-bond acceptors (Lipinski definition) is 5. The highest BCUT2D eigenvalue weighted by atomic mass is 127. The van der Waals surface area contributed by atoms with Crippen molar-refractivity contribution in [2.45, 2.75) is 30.7 Å². The van der Waals surface area contributed by atoms with Gasteiger partial charge in [0.2, 0.25) is 0 Å². The topological polar surface area (TPSA) is 90.2 Å². The van der Waals surface area contributed by atoms with Gasteiger partial charge in [-0.1, -0.05) is 22.6 Å². The Hall–Kier alpha value is 0.530. The monoisotopic (exact) mass is 290 g/mol. The van der Waals surface area contributed by atoms with Gasteiger partial charge < -0.3 is 25.2 Å². The summed E-state index contributed by atoms with van der Waals surface area (Å²) in [4.78, 5) is 0. The smallest absolute Gasteiger partial charge is 0.183 e. The molecule has 0 saturated carbocycles. The Bertz CT molecular complexity index is 150. The predicted octanol–water partition coefficient (Wildman–Crippen LogP) is -1.78. The SMILES string of the molecule is OC1OC(CI)[C@@H](O)[C@H](O)[C@H]1O. The van der Waals surface area contributed by atoms with Gasteiger partial charge in [-0.2, -0.15) is 0 Å². The zero-order chi connectivity index (χ0) is 9.30. The van der Waals surface area contributed by atoms with Crippen LogP contribution in [-0.4, -0.2) is 55.6 Å². The fourth-order valence-electron chi connectivity index (χ4n) is 1.06. The van der Waals surface area contributed by atoms with Gasteiger partial charge in [-0.15, -0.1) is 0 Å². The van der Waals surface area contributed by atoms with Crippen molar-refractivity contribution in [1.82, 2.24) is 0 Å². The standard InChI is InChI=1S/C6H11IO5/c7-1-2-3(8)4(9)5(10)6(11)12-2/h2-6,8-11H,1H2/t2?,3-,4+,5-,6?/m1/s1. The molecule has 72 valence electrons. The molecule has 6 heteroatoms. The molecule has 12 heavy (non-hydrogen) atoms. The lowest BCUT2D eigenvalue weighted by atomic mass is 10.0. The molecule has 0 radical (unpaired) electrons. The molecule has 0 aliphatic carbocycles. The first kappa shape index (κ1) is 10.6. The van der Waals surface area contributed by atoms with Crippen LogP contribution in [0.1, 0.15) is 0 Å². The third kappa shape index (κ3) is 1.88. The third-order valence-corrected chi connectivity index (χ3v) is 2.71. The van der Waals surface area contributed by atoms with Gasteiger partial charge in [0.15, 0.2) is 6.29 Å². The Morgan fingerprint density at radius 2 is 1.58 bits per heavy atom. The Balaban J connectivity index is 2.63. The van der Waals surface area contributed by atoms with E-state index in [4.69, 9.17) is 14.9 Å². The summed E-state index contributed by atoms with van der Waals surface area (Å²) < 4.78 is 5.26. The van der Waals surface area contributed by atoms with E-state index in [0.717, 1.165) is 0 Å². The van der Waals surface area contributed by atoms with Gasteiger partial charge in [0, 0.05) is 4.43 Å². The summed E-state index contributed by atoms with van der Waals surface area (Å²) in [6.45, 7) is 0. The van der Waals surface area contributed by atoms with E-state index in [2.05, 4.69) is 0 Å². The molecule has 0 aromatic carbocycles. The summed E-state index contributed by atoms with van der Waals surface area (Å²) in [6.07, 6.45) is -5.95. The highest BCUT2D eigenvalue weighted by Crippen LogP contribution is 2.20. The second-order valence-corrected chi connectivity index (χ2v) is 3.57. The molecule has 1 aliphatic heterocycles. The van der Waals surface area contributed by atoms with Crippen LogP contribution in [0, 0.1) is 0 Å². The Kier molecular flexibility index (Phi) is 3.68. The normalized spacial score (nSPS) is 49.2. The molecule has 1 rings (SSSR count). The molecule has 0 spiro atoms. The van der Waals surface area contributed by atoms with Gasteiger partial charge in [-0.3, -0.25) is 0 Å². The van der Waals surface area contributed by atoms with Gasteiger partial charge in [-0.25, -0.2) is 0 Å². The number of aliphatic hydroxyl groups excluding tert-OH is 4. The minimum atomic E-state index is -1.43. The van der Waals surface area contributed by atoms with Gasteiger partial charge in [0.25, 0.3) is 0 Å². The van der Waals surface area contributed by atoms with Crippen LogP contribution in [0.5, 0.6) is 0 Å². The van der Waals surface area contributed by atoms with Crippen LogP contribution in [0.25, 0.3) is 0 Å². The van der Waals surface area contributed by atoms with Crippen molar-refractivity contribution in [3.63, 3.8) is 0 Å². The molecule has 4 N–H and O–H groups in total. The molecular formula is C6H11IO5. The summed E-state index contributed by atoms with van der Waals surface area (Å²) in [7, 11) is 0. The van der Waals surface area contributed by atoms with Crippen LogP contribution in [0.3, 0.4) is 0 Å². The summed E-state index contributed by atoms with van der Waals surface area (Å²) in [5.41, 5.74) is 0. The van der Waals surface area contributed by atoms with Crippen LogP contribution in [-0.2, 0) is 4.74 Å². The fraction of sp³-hybridized carbons (Fsp3) is 1.00. The molecule has 5 nitrogen and oxygen atoms in total. The van der Waals surface area contributed by atoms with E-state index in [1.807, 2.05) is 22.6 Å². The first-order valence-electron chi connectivity index (χ1n) is 3.51. The third-order valence-electron chi connectivity index (χ3n) is 1.84. The maximum absolute atomic E-state index is 9.27. The van der Waals surface area contributed by atoms with Crippen LogP contribution in [0.4, 0.5) is 0 Å². The average molecular weight is 290 g/mol. The minimum absolute atomic E-state index is 0.444. The summed E-state index contributed by atoms with van der Waals surface area (Å²) >= 11 is 1.96. The number of halogens is 1. The molecule has 0 aromatic rings. The lowest BCUT2D eigenvalue weighted by Crippen LogP contribution is -2.57. The first-order valence-corrected chi connectivity index (χ1v) is 5.04. The lowest BCUT2D eigenvalue weighted by Gasteiger charge is -2.37. The first-order chi connectivity index (χ1) is 5.57. The van der Waals surface area contributed by atoms with E-state index in [1.165, 1.54) is 0 Å². The van der Waals surface area contributed by atoms with E-state index in [9.17, 15) is 10.2 Å². The van der Waals surface area contributed by atoms with Crippen molar-refractivity contribution in [3.05, 3.63) is 0 Å². The average Bonchev–Trinajstić information content (AvgIpc) is 2.08. The number of alkyl halides is 1. The molecular weight excluding hydrogens is 279 g/mol. The van der Waals surface area contributed by atoms with Crippen molar-refractivity contribution in [3.8, 4) is 0 Å². The molecule has 0 bridgehead atoms. The zero-order valence-electron chi connectivity index (χ0n) is 6.17. The number of rotatable bonds is 1. The summed E-state index contributed by atoms with van der Waals surface area (Å²) in [5, 5.41) is 36.5. The van der Waals surface area contributed by atoms with E-state index in [0.29, 0.717) is 4.43 Å². The van der Waals surface area contributed by atoms with E-state index < -0.39 is 30.7 Å². The molecule has 5 atom stereocenters. The van der Waals surface area contributed by atoms with Crippen molar-refractivity contribution in [2.24, 2.45) is 0 Å². The number of hydrogen-bond donors (Lipinski definition) is 4. The largest absolute Gasteiger partial charge is 0.388 e. The molecule has 1 aliphatic rings. The molecule has 1 heterocycles. The molecule has 0 amide bonds. The second kappa shape index (κ2) is 4.16.